The number of aromatic nitrogens is 2. The Kier molecular flexibility index (Phi) is 2.84. The maximum atomic E-state index is 6.25. The van der Waals surface area contributed by atoms with Gasteiger partial charge in [-0.1, -0.05) is 30.3 Å². The highest BCUT2D eigenvalue weighted by molar-refractivity contribution is 6.20. The largest absolute Gasteiger partial charge is 0.283 e. The van der Waals surface area contributed by atoms with Crippen molar-refractivity contribution in [1.29, 1.82) is 0 Å². The van der Waals surface area contributed by atoms with Gasteiger partial charge < -0.3 is 0 Å². The molecule has 2 rings (SSSR count). The Bertz CT molecular complexity index is 369. The first-order chi connectivity index (χ1) is 6.86. The molecule has 0 aliphatic rings. The summed E-state index contributed by atoms with van der Waals surface area (Å²) in [6.45, 7) is 0. The van der Waals surface area contributed by atoms with Gasteiger partial charge in [0.05, 0.1) is 5.38 Å². The number of aromatic amines is 1. The molecule has 0 amide bonds. The molecular weight excluding hydrogens is 196 g/mol. The van der Waals surface area contributed by atoms with Crippen LogP contribution in [0, 0.1) is 0 Å². The summed E-state index contributed by atoms with van der Waals surface area (Å²) in [7, 11) is 0. The SMILES string of the molecule is ClC(Cc1ccn[nH]1)c1ccccc1. The van der Waals surface area contributed by atoms with E-state index in [2.05, 4.69) is 10.2 Å². The molecule has 0 saturated heterocycles. The molecule has 0 radical (unpaired) electrons. The van der Waals surface area contributed by atoms with Gasteiger partial charge in [-0.2, -0.15) is 5.10 Å². The van der Waals surface area contributed by atoms with E-state index in [1.54, 1.807) is 6.20 Å². The fraction of sp³-hybridized carbons (Fsp3) is 0.182. The molecule has 1 atom stereocenters. The topological polar surface area (TPSA) is 28.7 Å². The second-order valence-corrected chi connectivity index (χ2v) is 3.69. The van der Waals surface area contributed by atoms with Gasteiger partial charge in [0.1, 0.15) is 0 Å². The van der Waals surface area contributed by atoms with Gasteiger partial charge >= 0.3 is 0 Å². The Morgan fingerprint density at radius 1 is 1.21 bits per heavy atom. The molecular formula is C11H11ClN2. The second-order valence-electron chi connectivity index (χ2n) is 3.16. The number of rotatable bonds is 3. The predicted octanol–water partition coefficient (Wildman–Crippen LogP) is 2.93. The lowest BCUT2D eigenvalue weighted by Gasteiger charge is -2.07. The average Bonchev–Trinajstić information content (AvgIpc) is 2.72. The summed E-state index contributed by atoms with van der Waals surface area (Å²) in [4.78, 5) is 0. The number of H-pyrrole nitrogens is 1. The Morgan fingerprint density at radius 3 is 2.64 bits per heavy atom. The summed E-state index contributed by atoms with van der Waals surface area (Å²) < 4.78 is 0. The predicted molar refractivity (Wildman–Crippen MR) is 57.3 cm³/mol. The van der Waals surface area contributed by atoms with Crippen LogP contribution < -0.4 is 0 Å². The number of halogens is 1. The molecule has 1 aromatic carbocycles. The normalized spacial score (nSPS) is 12.6. The van der Waals surface area contributed by atoms with Crippen molar-refractivity contribution in [1.82, 2.24) is 10.2 Å². The zero-order valence-corrected chi connectivity index (χ0v) is 8.41. The summed E-state index contributed by atoms with van der Waals surface area (Å²) in [6.07, 6.45) is 2.52. The zero-order chi connectivity index (χ0) is 9.80. The third-order valence-electron chi connectivity index (χ3n) is 2.12. The molecule has 0 saturated carbocycles. The van der Waals surface area contributed by atoms with Gasteiger partial charge in [0.25, 0.3) is 0 Å². The minimum absolute atomic E-state index is 0.0108. The van der Waals surface area contributed by atoms with E-state index in [-0.39, 0.29) is 5.38 Å². The van der Waals surface area contributed by atoms with Gasteiger partial charge in [-0.05, 0) is 11.6 Å². The second kappa shape index (κ2) is 4.29. The van der Waals surface area contributed by atoms with Crippen molar-refractivity contribution in [2.75, 3.05) is 0 Å². The lowest BCUT2D eigenvalue weighted by molar-refractivity contribution is 0.865. The van der Waals surface area contributed by atoms with E-state index >= 15 is 0 Å². The molecule has 14 heavy (non-hydrogen) atoms. The third-order valence-corrected chi connectivity index (χ3v) is 2.53. The summed E-state index contributed by atoms with van der Waals surface area (Å²) in [5, 5.41) is 6.80. The van der Waals surface area contributed by atoms with Crippen LogP contribution in [-0.2, 0) is 6.42 Å². The van der Waals surface area contributed by atoms with Crippen molar-refractivity contribution >= 4 is 11.6 Å². The lowest BCUT2D eigenvalue weighted by atomic mass is 10.1. The molecule has 2 aromatic rings. The smallest absolute Gasteiger partial charge is 0.0640 e. The molecule has 0 fully saturated rings. The maximum absolute atomic E-state index is 6.25. The van der Waals surface area contributed by atoms with Gasteiger partial charge in [-0.15, -0.1) is 11.6 Å². The summed E-state index contributed by atoms with van der Waals surface area (Å²) >= 11 is 6.25. The van der Waals surface area contributed by atoms with E-state index in [0.29, 0.717) is 0 Å². The fourth-order valence-corrected chi connectivity index (χ4v) is 1.68. The Morgan fingerprint density at radius 2 is 2.00 bits per heavy atom. The van der Waals surface area contributed by atoms with E-state index in [0.717, 1.165) is 17.7 Å². The van der Waals surface area contributed by atoms with Crippen LogP contribution in [0.3, 0.4) is 0 Å². The van der Waals surface area contributed by atoms with Crippen LogP contribution in [0.1, 0.15) is 16.6 Å². The van der Waals surface area contributed by atoms with Crippen LogP contribution in [-0.4, -0.2) is 10.2 Å². The van der Waals surface area contributed by atoms with E-state index in [1.807, 2.05) is 36.4 Å². The van der Waals surface area contributed by atoms with Crippen LogP contribution in [0.5, 0.6) is 0 Å². The number of benzene rings is 1. The quantitative estimate of drug-likeness (QED) is 0.769. The molecule has 2 nitrogen and oxygen atoms in total. The van der Waals surface area contributed by atoms with Crippen molar-refractivity contribution in [3.05, 3.63) is 53.9 Å². The highest BCUT2D eigenvalue weighted by Crippen LogP contribution is 2.23. The van der Waals surface area contributed by atoms with E-state index < -0.39 is 0 Å². The van der Waals surface area contributed by atoms with Gasteiger partial charge in [-0.25, -0.2) is 0 Å². The first-order valence-corrected chi connectivity index (χ1v) is 4.97. The monoisotopic (exact) mass is 206 g/mol. The summed E-state index contributed by atoms with van der Waals surface area (Å²) in [5.74, 6) is 0. The first kappa shape index (κ1) is 9.28. The van der Waals surface area contributed by atoms with Crippen LogP contribution in [0.25, 0.3) is 0 Å². The summed E-state index contributed by atoms with van der Waals surface area (Å²) in [6, 6.07) is 12.0. The Hall–Kier alpha value is -1.28. The molecule has 1 N–H and O–H groups in total. The number of nitrogens with zero attached hydrogens (tertiary/aromatic N) is 1. The van der Waals surface area contributed by atoms with E-state index in [4.69, 9.17) is 11.6 Å². The van der Waals surface area contributed by atoms with E-state index in [9.17, 15) is 0 Å². The fourth-order valence-electron chi connectivity index (χ4n) is 1.37. The standard InChI is InChI=1S/C11H11ClN2/c12-11(8-10-6-7-13-14-10)9-4-2-1-3-5-9/h1-7,11H,8H2,(H,13,14). The third kappa shape index (κ3) is 2.15. The molecule has 0 spiro atoms. The number of hydrogen-bond donors (Lipinski definition) is 1. The van der Waals surface area contributed by atoms with Crippen molar-refractivity contribution in [2.24, 2.45) is 0 Å². The van der Waals surface area contributed by atoms with Crippen molar-refractivity contribution in [3.63, 3.8) is 0 Å². The molecule has 3 heteroatoms. The highest BCUT2D eigenvalue weighted by Gasteiger charge is 2.08. The molecule has 0 aliphatic carbocycles. The Labute approximate surface area is 87.9 Å². The highest BCUT2D eigenvalue weighted by atomic mass is 35.5. The van der Waals surface area contributed by atoms with Crippen LogP contribution >= 0.6 is 11.6 Å². The van der Waals surface area contributed by atoms with Gasteiger partial charge in [0, 0.05) is 18.3 Å². The number of alkyl halides is 1. The van der Waals surface area contributed by atoms with Gasteiger partial charge in [0.15, 0.2) is 0 Å². The average molecular weight is 207 g/mol. The van der Waals surface area contributed by atoms with Crippen LogP contribution in [0.4, 0.5) is 0 Å². The molecule has 72 valence electrons. The molecule has 1 unspecified atom stereocenters. The zero-order valence-electron chi connectivity index (χ0n) is 7.65. The van der Waals surface area contributed by atoms with Crippen LogP contribution in [0.2, 0.25) is 0 Å². The molecule has 1 aromatic heterocycles. The molecule has 0 aliphatic heterocycles. The summed E-state index contributed by atoms with van der Waals surface area (Å²) in [5.41, 5.74) is 2.21. The van der Waals surface area contributed by atoms with Gasteiger partial charge in [0.2, 0.25) is 0 Å². The molecule has 1 heterocycles. The van der Waals surface area contributed by atoms with Crippen LogP contribution in [0.15, 0.2) is 42.6 Å². The molecule has 0 bridgehead atoms. The first-order valence-electron chi connectivity index (χ1n) is 4.53. The van der Waals surface area contributed by atoms with Crippen molar-refractivity contribution in [2.45, 2.75) is 11.8 Å². The minimum Gasteiger partial charge on any atom is -0.283 e. The number of nitrogens with one attached hydrogen (secondary N) is 1. The van der Waals surface area contributed by atoms with Crippen molar-refractivity contribution < 1.29 is 0 Å². The van der Waals surface area contributed by atoms with Crippen molar-refractivity contribution in [3.8, 4) is 0 Å². The number of hydrogen-bond acceptors (Lipinski definition) is 1. The lowest BCUT2D eigenvalue weighted by Crippen LogP contribution is -1.95. The maximum Gasteiger partial charge on any atom is 0.0640 e. The minimum atomic E-state index is 0.0108. The Balaban J connectivity index is 2.07. The van der Waals surface area contributed by atoms with Gasteiger partial charge in [-0.3, -0.25) is 5.10 Å². The van der Waals surface area contributed by atoms with E-state index in [1.165, 1.54) is 0 Å².